The molecule has 2 rings (SSSR count). The maximum absolute atomic E-state index is 10.6. The summed E-state index contributed by atoms with van der Waals surface area (Å²) < 4.78 is 1.42. The lowest BCUT2D eigenvalue weighted by Crippen LogP contribution is -1.96. The summed E-state index contributed by atoms with van der Waals surface area (Å²) in [5, 5.41) is 7.01. The summed E-state index contributed by atoms with van der Waals surface area (Å²) in [6.45, 7) is 0. The van der Waals surface area contributed by atoms with Gasteiger partial charge in [-0.1, -0.05) is 0 Å². The van der Waals surface area contributed by atoms with Gasteiger partial charge in [0.1, 0.15) is 5.69 Å². The van der Waals surface area contributed by atoms with Crippen LogP contribution in [0.2, 0.25) is 0 Å². The molecular weight excluding hydrogens is 194 g/mol. The number of hydrogen-bond acceptors (Lipinski definition) is 5. The Bertz CT molecular complexity index is 491. The van der Waals surface area contributed by atoms with E-state index in [1.165, 1.54) is 4.68 Å². The monoisotopic (exact) mass is 203 g/mol. The second-order valence-electron chi connectivity index (χ2n) is 3.03. The van der Waals surface area contributed by atoms with Crippen LogP contribution in [0.3, 0.4) is 0 Å². The molecule has 0 fully saturated rings. The quantitative estimate of drug-likeness (QED) is 0.748. The Balaban J connectivity index is 2.63. The molecular formula is C9H9N5O. The van der Waals surface area contributed by atoms with Gasteiger partial charge in [-0.3, -0.25) is 9.67 Å². The maximum Gasteiger partial charge on any atom is 0.177 e. The maximum atomic E-state index is 10.6. The number of nitrogens with two attached hydrogens (primary N) is 1. The van der Waals surface area contributed by atoms with Crippen molar-refractivity contribution in [2.24, 2.45) is 12.2 Å². The van der Waals surface area contributed by atoms with Gasteiger partial charge in [0.05, 0.1) is 0 Å². The van der Waals surface area contributed by atoms with Crippen LogP contribution in [0.4, 0.5) is 11.5 Å². The summed E-state index contributed by atoms with van der Waals surface area (Å²) >= 11 is 0. The molecule has 2 aromatic rings. The molecule has 0 bridgehead atoms. The van der Waals surface area contributed by atoms with Crippen molar-refractivity contribution in [3.63, 3.8) is 0 Å². The van der Waals surface area contributed by atoms with Crippen LogP contribution in [-0.4, -0.2) is 14.8 Å². The fourth-order valence-corrected chi connectivity index (χ4v) is 1.32. The van der Waals surface area contributed by atoms with Crippen LogP contribution in [0.1, 0.15) is 0 Å². The highest BCUT2D eigenvalue weighted by atomic mass is 16.3. The first-order valence-electron chi connectivity index (χ1n) is 4.30. The van der Waals surface area contributed by atoms with Crippen LogP contribution < -0.4 is 5.73 Å². The molecule has 2 N–H and O–H groups in total. The molecule has 76 valence electrons. The van der Waals surface area contributed by atoms with E-state index in [-0.39, 0.29) is 11.5 Å². The van der Waals surface area contributed by atoms with Gasteiger partial charge in [0.15, 0.2) is 11.5 Å². The Hall–Kier alpha value is -2.24. The zero-order valence-corrected chi connectivity index (χ0v) is 8.08. The van der Waals surface area contributed by atoms with Gasteiger partial charge < -0.3 is 5.73 Å². The Morgan fingerprint density at radius 1 is 1.40 bits per heavy atom. The van der Waals surface area contributed by atoms with Crippen molar-refractivity contribution in [3.05, 3.63) is 29.4 Å². The predicted octanol–water partition coefficient (Wildman–Crippen LogP) is 1.46. The third-order valence-electron chi connectivity index (χ3n) is 2.11. The number of rotatable bonds is 2. The molecule has 0 aliphatic rings. The van der Waals surface area contributed by atoms with Gasteiger partial charge in [-0.05, 0) is 17.3 Å². The van der Waals surface area contributed by atoms with E-state index in [1.807, 2.05) is 0 Å². The summed E-state index contributed by atoms with van der Waals surface area (Å²) in [7, 11) is 1.66. The lowest BCUT2D eigenvalue weighted by Gasteiger charge is -1.94. The van der Waals surface area contributed by atoms with Gasteiger partial charge >= 0.3 is 0 Å². The number of aryl methyl sites for hydroxylation is 1. The van der Waals surface area contributed by atoms with Crippen LogP contribution in [0.15, 0.2) is 29.7 Å². The van der Waals surface area contributed by atoms with Crippen LogP contribution in [-0.2, 0) is 7.05 Å². The number of hydrogen-bond donors (Lipinski definition) is 1. The minimum Gasteiger partial charge on any atom is -0.382 e. The minimum atomic E-state index is 0.170. The van der Waals surface area contributed by atoms with Crippen molar-refractivity contribution in [2.75, 3.05) is 5.73 Å². The molecule has 6 heteroatoms. The van der Waals surface area contributed by atoms with E-state index in [2.05, 4.69) is 15.3 Å². The number of anilines is 1. The van der Waals surface area contributed by atoms with Crippen molar-refractivity contribution in [1.82, 2.24) is 14.8 Å². The van der Waals surface area contributed by atoms with Crippen LogP contribution in [0, 0.1) is 4.91 Å². The second-order valence-corrected chi connectivity index (χ2v) is 3.03. The minimum absolute atomic E-state index is 0.170. The first kappa shape index (κ1) is 9.32. The molecule has 0 aliphatic heterocycles. The van der Waals surface area contributed by atoms with Gasteiger partial charge in [0.25, 0.3) is 0 Å². The Labute approximate surface area is 85.7 Å². The van der Waals surface area contributed by atoms with E-state index in [9.17, 15) is 4.91 Å². The van der Waals surface area contributed by atoms with E-state index in [0.717, 1.165) is 5.56 Å². The summed E-state index contributed by atoms with van der Waals surface area (Å²) in [5.41, 5.74) is 7.06. The zero-order chi connectivity index (χ0) is 10.8. The standard InChI is InChI=1S/C9H9N5O/c1-14-9(10)8(13-15)7(12-14)6-2-4-11-5-3-6/h2-5H,10H2,1H3. The van der Waals surface area contributed by atoms with Crippen molar-refractivity contribution in [2.45, 2.75) is 0 Å². The third kappa shape index (κ3) is 1.45. The van der Waals surface area contributed by atoms with E-state index in [0.29, 0.717) is 5.69 Å². The summed E-state index contributed by atoms with van der Waals surface area (Å²) in [5.74, 6) is 0.261. The molecule has 0 aliphatic carbocycles. The third-order valence-corrected chi connectivity index (χ3v) is 2.11. The first-order chi connectivity index (χ1) is 7.24. The largest absolute Gasteiger partial charge is 0.382 e. The van der Waals surface area contributed by atoms with Crippen molar-refractivity contribution in [1.29, 1.82) is 0 Å². The molecule has 0 saturated heterocycles. The molecule has 2 aromatic heterocycles. The normalized spacial score (nSPS) is 10.2. The molecule has 0 amide bonds. The number of nitrogen functional groups attached to an aromatic ring is 1. The van der Waals surface area contributed by atoms with Gasteiger partial charge in [-0.15, -0.1) is 4.91 Å². The van der Waals surface area contributed by atoms with Crippen molar-refractivity contribution >= 4 is 11.5 Å². The van der Waals surface area contributed by atoms with Crippen molar-refractivity contribution in [3.8, 4) is 11.3 Å². The molecule has 0 spiro atoms. The SMILES string of the molecule is Cn1nc(-c2ccncc2)c(N=O)c1N. The average Bonchev–Trinajstić information content (AvgIpc) is 2.56. The predicted molar refractivity (Wildman–Crippen MR) is 56.3 cm³/mol. The van der Waals surface area contributed by atoms with E-state index >= 15 is 0 Å². The van der Waals surface area contributed by atoms with E-state index in [1.54, 1.807) is 31.6 Å². The summed E-state index contributed by atoms with van der Waals surface area (Å²) in [4.78, 5) is 14.5. The van der Waals surface area contributed by atoms with Crippen molar-refractivity contribution < 1.29 is 0 Å². The Kier molecular flexibility index (Phi) is 2.17. The van der Waals surface area contributed by atoms with Gasteiger partial charge in [0, 0.05) is 25.0 Å². The topological polar surface area (TPSA) is 86.2 Å². The molecule has 0 saturated carbocycles. The number of nitrogens with zero attached hydrogens (tertiary/aromatic N) is 4. The van der Waals surface area contributed by atoms with Gasteiger partial charge in [-0.2, -0.15) is 5.10 Å². The number of nitroso groups, excluding NO2 is 1. The second kappa shape index (κ2) is 3.49. The highest BCUT2D eigenvalue weighted by molar-refractivity contribution is 5.79. The van der Waals surface area contributed by atoms with Crippen LogP contribution in [0.5, 0.6) is 0 Å². The molecule has 6 nitrogen and oxygen atoms in total. The van der Waals surface area contributed by atoms with Gasteiger partial charge in [-0.25, -0.2) is 0 Å². The lowest BCUT2D eigenvalue weighted by atomic mass is 10.2. The van der Waals surface area contributed by atoms with E-state index < -0.39 is 0 Å². The lowest BCUT2D eigenvalue weighted by molar-refractivity contribution is 0.782. The summed E-state index contributed by atoms with van der Waals surface area (Å²) in [6, 6.07) is 3.49. The van der Waals surface area contributed by atoms with Gasteiger partial charge in [0.2, 0.25) is 0 Å². The van der Waals surface area contributed by atoms with E-state index in [4.69, 9.17) is 5.73 Å². The number of aromatic nitrogens is 3. The first-order valence-corrected chi connectivity index (χ1v) is 4.30. The molecule has 0 atom stereocenters. The highest BCUT2D eigenvalue weighted by Gasteiger charge is 2.15. The molecule has 0 radical (unpaired) electrons. The fraction of sp³-hybridized carbons (Fsp3) is 0.111. The van der Waals surface area contributed by atoms with Crippen LogP contribution in [0.25, 0.3) is 11.3 Å². The average molecular weight is 203 g/mol. The summed E-state index contributed by atoms with van der Waals surface area (Å²) in [6.07, 6.45) is 3.24. The molecule has 0 unspecified atom stereocenters. The smallest absolute Gasteiger partial charge is 0.177 e. The number of pyridine rings is 1. The highest BCUT2D eigenvalue weighted by Crippen LogP contribution is 2.33. The molecule has 2 heterocycles. The zero-order valence-electron chi connectivity index (χ0n) is 8.08. The Morgan fingerprint density at radius 3 is 2.67 bits per heavy atom. The fourth-order valence-electron chi connectivity index (χ4n) is 1.32. The Morgan fingerprint density at radius 2 is 2.07 bits per heavy atom. The molecule has 0 aromatic carbocycles. The molecule has 15 heavy (non-hydrogen) atoms. The van der Waals surface area contributed by atoms with Crippen LogP contribution >= 0.6 is 0 Å².